The zero-order chi connectivity index (χ0) is 20.3. The van der Waals surface area contributed by atoms with E-state index >= 15 is 0 Å². The molecule has 0 bridgehead atoms. The number of esters is 1. The molecular formula is C23H32O5. The Morgan fingerprint density at radius 3 is 2.61 bits per heavy atom. The van der Waals surface area contributed by atoms with Crippen molar-refractivity contribution in [1.29, 1.82) is 0 Å². The van der Waals surface area contributed by atoms with E-state index in [4.69, 9.17) is 14.2 Å². The van der Waals surface area contributed by atoms with Crippen LogP contribution in [0, 0.1) is 22.7 Å². The highest BCUT2D eigenvalue weighted by atomic mass is 16.7. The number of carbonyl (C=O) groups excluding carboxylic acids is 1. The maximum absolute atomic E-state index is 11.9. The molecule has 4 rings (SSSR count). The normalized spacial score (nSPS) is 43.1. The second-order valence-electron chi connectivity index (χ2n) is 9.87. The van der Waals surface area contributed by atoms with Gasteiger partial charge >= 0.3 is 5.97 Å². The van der Waals surface area contributed by atoms with Gasteiger partial charge in [-0.15, -0.1) is 0 Å². The maximum atomic E-state index is 11.9. The number of hydrogen-bond acceptors (Lipinski definition) is 5. The molecule has 2 heterocycles. The number of ether oxygens (including phenoxy) is 3. The summed E-state index contributed by atoms with van der Waals surface area (Å²) in [5, 5.41) is 9.92. The lowest BCUT2D eigenvalue weighted by Gasteiger charge is -2.63. The van der Waals surface area contributed by atoms with Gasteiger partial charge in [0.2, 0.25) is 0 Å². The van der Waals surface area contributed by atoms with Crippen LogP contribution in [0.15, 0.2) is 35.6 Å². The van der Waals surface area contributed by atoms with Gasteiger partial charge in [0.25, 0.3) is 0 Å². The molecule has 4 aliphatic rings. The summed E-state index contributed by atoms with van der Waals surface area (Å²) in [6, 6.07) is 0. The van der Waals surface area contributed by atoms with Gasteiger partial charge in [0.1, 0.15) is 17.9 Å². The van der Waals surface area contributed by atoms with Gasteiger partial charge in [0, 0.05) is 11.3 Å². The average molecular weight is 389 g/mol. The Morgan fingerprint density at radius 2 is 1.93 bits per heavy atom. The fourth-order valence-electron chi connectivity index (χ4n) is 6.12. The van der Waals surface area contributed by atoms with Gasteiger partial charge < -0.3 is 19.3 Å². The number of rotatable bonds is 2. The van der Waals surface area contributed by atoms with Gasteiger partial charge in [-0.1, -0.05) is 32.1 Å². The Hall–Kier alpha value is -1.59. The van der Waals surface area contributed by atoms with Crippen molar-refractivity contribution in [2.24, 2.45) is 22.7 Å². The number of carbonyl (C=O) groups is 1. The fourth-order valence-corrected chi connectivity index (χ4v) is 6.12. The summed E-state index contributed by atoms with van der Waals surface area (Å²) in [7, 11) is 0. The van der Waals surface area contributed by atoms with Crippen LogP contribution in [0.5, 0.6) is 0 Å². The van der Waals surface area contributed by atoms with Crippen molar-refractivity contribution < 1.29 is 24.1 Å². The topological polar surface area (TPSA) is 65.0 Å². The second kappa shape index (κ2) is 6.46. The number of fused-ring (bicyclic) bond motifs is 3. The third-order valence-corrected chi connectivity index (χ3v) is 7.66. The molecule has 3 fully saturated rings. The van der Waals surface area contributed by atoms with Crippen LogP contribution in [0.25, 0.3) is 0 Å². The second-order valence-corrected chi connectivity index (χ2v) is 9.87. The van der Waals surface area contributed by atoms with Gasteiger partial charge in [0.05, 0.1) is 12.7 Å². The highest BCUT2D eigenvalue weighted by Gasteiger charge is 2.60. The van der Waals surface area contributed by atoms with Gasteiger partial charge in [-0.05, 0) is 56.9 Å². The first-order valence-corrected chi connectivity index (χ1v) is 10.3. The Morgan fingerprint density at radius 1 is 1.18 bits per heavy atom. The molecule has 2 aliphatic carbocycles. The number of aliphatic hydroxyl groups excluding tert-OH is 1. The summed E-state index contributed by atoms with van der Waals surface area (Å²) >= 11 is 0. The lowest BCUT2D eigenvalue weighted by Crippen LogP contribution is -2.62. The molecule has 1 N–H and O–H groups in total. The molecule has 2 saturated carbocycles. The molecule has 28 heavy (non-hydrogen) atoms. The first-order chi connectivity index (χ1) is 13.1. The molecule has 5 nitrogen and oxygen atoms in total. The van der Waals surface area contributed by atoms with Crippen LogP contribution in [0.3, 0.4) is 0 Å². The molecule has 154 valence electrons. The van der Waals surface area contributed by atoms with E-state index in [0.717, 1.165) is 25.7 Å². The third kappa shape index (κ3) is 2.94. The molecule has 0 aromatic heterocycles. The van der Waals surface area contributed by atoms with Gasteiger partial charge in [-0.2, -0.15) is 0 Å². The van der Waals surface area contributed by atoms with Crippen molar-refractivity contribution >= 4 is 5.97 Å². The van der Waals surface area contributed by atoms with Gasteiger partial charge in [-0.3, -0.25) is 0 Å². The predicted octanol–water partition coefficient (Wildman–Crippen LogP) is 4.45. The van der Waals surface area contributed by atoms with E-state index < -0.39 is 11.8 Å². The minimum absolute atomic E-state index is 0.0105. The molecule has 0 spiro atoms. The summed E-state index contributed by atoms with van der Waals surface area (Å²) < 4.78 is 17.4. The lowest BCUT2D eigenvalue weighted by atomic mass is 9.46. The minimum Gasteiger partial charge on any atom is -0.508 e. The number of hydrogen-bond donors (Lipinski definition) is 1. The summed E-state index contributed by atoms with van der Waals surface area (Å²) in [4.78, 5) is 11.9. The van der Waals surface area contributed by atoms with Crippen molar-refractivity contribution in [3.8, 4) is 0 Å². The number of cyclic esters (lactones) is 1. The maximum Gasteiger partial charge on any atom is 0.342 e. The summed E-state index contributed by atoms with van der Waals surface area (Å²) in [6.45, 7) is 13.7. The summed E-state index contributed by atoms with van der Waals surface area (Å²) in [5.41, 5.74) is 1.44. The molecule has 5 heteroatoms. The van der Waals surface area contributed by atoms with Crippen LogP contribution in [0.2, 0.25) is 0 Å². The molecule has 5 unspecified atom stereocenters. The number of allylic oxidation sites excluding steroid dienone is 2. The fraction of sp³-hybridized carbons (Fsp3) is 0.696. The highest BCUT2D eigenvalue weighted by molar-refractivity contribution is 5.94. The van der Waals surface area contributed by atoms with E-state index in [9.17, 15) is 9.90 Å². The van der Waals surface area contributed by atoms with E-state index in [-0.39, 0.29) is 40.8 Å². The van der Waals surface area contributed by atoms with Crippen LogP contribution in [-0.2, 0) is 19.0 Å². The third-order valence-electron chi connectivity index (χ3n) is 7.66. The molecule has 1 saturated heterocycles. The monoisotopic (exact) mass is 388 g/mol. The Labute approximate surface area is 167 Å². The van der Waals surface area contributed by atoms with E-state index in [1.165, 1.54) is 5.57 Å². The Kier molecular flexibility index (Phi) is 4.55. The average Bonchev–Trinajstić information content (AvgIpc) is 2.93. The quantitative estimate of drug-likeness (QED) is 0.559. The lowest BCUT2D eigenvalue weighted by molar-refractivity contribution is -0.343. The minimum atomic E-state index is -0.525. The van der Waals surface area contributed by atoms with Crippen LogP contribution < -0.4 is 0 Å². The smallest absolute Gasteiger partial charge is 0.342 e. The van der Waals surface area contributed by atoms with Crippen LogP contribution in [0.4, 0.5) is 0 Å². The summed E-state index contributed by atoms with van der Waals surface area (Å²) in [6.07, 6.45) is 8.06. The molecule has 0 aromatic rings. The van der Waals surface area contributed by atoms with E-state index in [1.54, 1.807) is 6.08 Å². The molecule has 2 aliphatic heterocycles. The van der Waals surface area contributed by atoms with E-state index in [2.05, 4.69) is 26.5 Å². The molecule has 0 amide bonds. The van der Waals surface area contributed by atoms with Gasteiger partial charge in [0.15, 0.2) is 5.79 Å². The van der Waals surface area contributed by atoms with Crippen LogP contribution >= 0.6 is 0 Å². The van der Waals surface area contributed by atoms with Crippen molar-refractivity contribution in [1.82, 2.24) is 0 Å². The van der Waals surface area contributed by atoms with Gasteiger partial charge in [-0.25, -0.2) is 4.79 Å². The Balaban J connectivity index is 1.64. The van der Waals surface area contributed by atoms with Crippen molar-refractivity contribution in [3.63, 3.8) is 0 Å². The zero-order valence-corrected chi connectivity index (χ0v) is 17.4. The van der Waals surface area contributed by atoms with Crippen molar-refractivity contribution in [3.05, 3.63) is 35.6 Å². The predicted molar refractivity (Wildman–Crippen MR) is 105 cm³/mol. The SMILES string of the molecule is C=C1CCC2C3(C)COC(C)(C)OC3CCC2(C)C1/C=C/C1=C(O)COC1=O. The van der Waals surface area contributed by atoms with Crippen LogP contribution in [0.1, 0.15) is 53.4 Å². The largest absolute Gasteiger partial charge is 0.508 e. The van der Waals surface area contributed by atoms with E-state index in [1.807, 2.05) is 13.8 Å². The Bertz CT molecular complexity index is 763. The molecule has 0 aromatic carbocycles. The highest BCUT2D eigenvalue weighted by Crippen LogP contribution is 2.63. The van der Waals surface area contributed by atoms with Crippen molar-refractivity contribution in [2.45, 2.75) is 65.3 Å². The first-order valence-electron chi connectivity index (χ1n) is 10.3. The number of aliphatic hydroxyl groups is 1. The zero-order valence-electron chi connectivity index (χ0n) is 17.4. The molecule has 5 atom stereocenters. The first kappa shape index (κ1) is 19.7. The van der Waals surface area contributed by atoms with E-state index in [0.29, 0.717) is 12.5 Å². The van der Waals surface area contributed by atoms with Crippen LogP contribution in [-0.4, -0.2) is 36.2 Å². The molecular weight excluding hydrogens is 356 g/mol. The standard InChI is InChI=1S/C23H32O5/c1-14-6-9-18-22(4,16(14)8-7-15-17(24)12-26-20(15)25)11-10-19-23(18,5)13-27-21(2,3)28-19/h7-8,16,18-19,24H,1,6,9-13H2,2-5H3/b8-7+. The molecule has 0 radical (unpaired) electrons. The summed E-state index contributed by atoms with van der Waals surface area (Å²) in [5.74, 6) is -0.386. The van der Waals surface area contributed by atoms with Crippen molar-refractivity contribution in [2.75, 3.05) is 13.2 Å².